The van der Waals surface area contributed by atoms with Crippen LogP contribution in [0.25, 0.3) is 0 Å². The number of hydrogen-bond donors (Lipinski definition) is 1. The van der Waals surface area contributed by atoms with Gasteiger partial charge in [-0.25, -0.2) is 0 Å². The summed E-state index contributed by atoms with van der Waals surface area (Å²) in [6.45, 7) is 5.53. The molecule has 0 spiro atoms. The third-order valence-electron chi connectivity index (χ3n) is 3.89. The maximum absolute atomic E-state index is 12.4. The lowest BCUT2D eigenvalue weighted by atomic mass is 9.98. The Hall–Kier alpha value is -1.06. The van der Waals surface area contributed by atoms with Crippen molar-refractivity contribution in [1.82, 2.24) is 10.2 Å². The zero-order valence-corrected chi connectivity index (χ0v) is 10.7. The topological polar surface area (TPSA) is 49.4 Å². The van der Waals surface area contributed by atoms with E-state index < -0.39 is 0 Å². The zero-order valence-electron chi connectivity index (χ0n) is 10.7. The van der Waals surface area contributed by atoms with Crippen molar-refractivity contribution in [2.24, 2.45) is 11.8 Å². The van der Waals surface area contributed by atoms with E-state index in [9.17, 15) is 9.59 Å². The van der Waals surface area contributed by atoms with Gasteiger partial charge in [-0.05, 0) is 24.7 Å². The van der Waals surface area contributed by atoms with Crippen molar-refractivity contribution in [3.8, 4) is 0 Å². The molecule has 0 aromatic heterocycles. The Morgan fingerprint density at radius 2 is 2.12 bits per heavy atom. The number of rotatable bonds is 4. The molecule has 0 radical (unpaired) electrons. The summed E-state index contributed by atoms with van der Waals surface area (Å²) in [5, 5.41) is 2.87. The van der Waals surface area contributed by atoms with Gasteiger partial charge < -0.3 is 10.2 Å². The Kier molecular flexibility index (Phi) is 3.69. The van der Waals surface area contributed by atoms with Crippen LogP contribution in [0.2, 0.25) is 0 Å². The van der Waals surface area contributed by atoms with Crippen LogP contribution < -0.4 is 5.32 Å². The predicted molar refractivity (Wildman–Crippen MR) is 65.3 cm³/mol. The summed E-state index contributed by atoms with van der Waals surface area (Å²) in [5.41, 5.74) is 0. The predicted octanol–water partition coefficient (Wildman–Crippen LogP) is 1.16. The van der Waals surface area contributed by atoms with Crippen molar-refractivity contribution >= 4 is 11.8 Å². The summed E-state index contributed by atoms with van der Waals surface area (Å²) < 4.78 is 0. The molecule has 0 aromatic rings. The van der Waals surface area contributed by atoms with E-state index in [4.69, 9.17) is 0 Å². The van der Waals surface area contributed by atoms with Crippen molar-refractivity contribution in [1.29, 1.82) is 0 Å². The summed E-state index contributed by atoms with van der Waals surface area (Å²) in [6, 6.07) is -0.311. The lowest BCUT2D eigenvalue weighted by Crippen LogP contribution is -2.48. The molecule has 1 aliphatic heterocycles. The van der Waals surface area contributed by atoms with Gasteiger partial charge in [-0.15, -0.1) is 0 Å². The number of hydrogen-bond acceptors (Lipinski definition) is 2. The van der Waals surface area contributed by atoms with E-state index in [0.717, 1.165) is 13.0 Å². The first kappa shape index (κ1) is 12.4. The molecular formula is C13H22N2O2. The van der Waals surface area contributed by atoms with Crippen LogP contribution >= 0.6 is 0 Å². The highest BCUT2D eigenvalue weighted by Gasteiger charge is 2.35. The smallest absolute Gasteiger partial charge is 0.245 e. The monoisotopic (exact) mass is 238 g/mol. The van der Waals surface area contributed by atoms with Gasteiger partial charge in [0.25, 0.3) is 0 Å². The second-order valence-electron chi connectivity index (χ2n) is 5.41. The van der Waals surface area contributed by atoms with Crippen molar-refractivity contribution < 1.29 is 9.59 Å². The van der Waals surface area contributed by atoms with E-state index in [-0.39, 0.29) is 23.8 Å². The Labute approximate surface area is 103 Å². The van der Waals surface area contributed by atoms with Gasteiger partial charge in [0, 0.05) is 19.5 Å². The molecule has 4 nitrogen and oxygen atoms in total. The second-order valence-corrected chi connectivity index (χ2v) is 5.41. The number of carbonyl (C=O) groups excluding carboxylic acids is 2. The van der Waals surface area contributed by atoms with Gasteiger partial charge in [0.05, 0.1) is 0 Å². The largest absolute Gasteiger partial charge is 0.344 e. The van der Waals surface area contributed by atoms with E-state index >= 15 is 0 Å². The van der Waals surface area contributed by atoms with Gasteiger partial charge in [-0.3, -0.25) is 9.59 Å². The molecule has 1 saturated heterocycles. The maximum Gasteiger partial charge on any atom is 0.245 e. The molecule has 0 aromatic carbocycles. The highest BCUT2D eigenvalue weighted by atomic mass is 16.2. The Morgan fingerprint density at radius 1 is 1.41 bits per heavy atom. The Morgan fingerprint density at radius 3 is 2.71 bits per heavy atom. The zero-order chi connectivity index (χ0) is 12.4. The van der Waals surface area contributed by atoms with Crippen LogP contribution in [-0.4, -0.2) is 35.8 Å². The third-order valence-corrected chi connectivity index (χ3v) is 3.89. The molecule has 17 heavy (non-hydrogen) atoms. The van der Waals surface area contributed by atoms with E-state index in [0.29, 0.717) is 18.9 Å². The minimum atomic E-state index is -0.311. The number of carbonyl (C=O) groups is 2. The highest BCUT2D eigenvalue weighted by molar-refractivity contribution is 5.90. The number of nitrogens with zero attached hydrogens (tertiary/aromatic N) is 1. The summed E-state index contributed by atoms with van der Waals surface area (Å²) in [5.74, 6) is 1.04. The molecule has 4 heteroatoms. The molecule has 2 rings (SSSR count). The van der Waals surface area contributed by atoms with Crippen molar-refractivity contribution in [3.05, 3.63) is 0 Å². The maximum atomic E-state index is 12.4. The average molecular weight is 238 g/mol. The first-order valence-corrected chi connectivity index (χ1v) is 6.70. The van der Waals surface area contributed by atoms with Crippen molar-refractivity contribution in [3.63, 3.8) is 0 Å². The second kappa shape index (κ2) is 5.07. The lowest BCUT2D eigenvalue weighted by Gasteiger charge is -2.27. The van der Waals surface area contributed by atoms with Gasteiger partial charge >= 0.3 is 0 Å². The number of nitrogens with one attached hydrogen (secondary N) is 1. The fraction of sp³-hybridized carbons (Fsp3) is 0.846. The third kappa shape index (κ3) is 2.99. The van der Waals surface area contributed by atoms with E-state index in [1.54, 1.807) is 0 Å². The van der Waals surface area contributed by atoms with Crippen LogP contribution in [0.3, 0.4) is 0 Å². The molecule has 1 saturated carbocycles. The molecule has 1 aliphatic carbocycles. The molecule has 1 N–H and O–H groups in total. The normalized spacial score (nSPS) is 27.6. The first-order chi connectivity index (χ1) is 8.11. The molecule has 96 valence electrons. The average Bonchev–Trinajstić information content (AvgIpc) is 3.13. The first-order valence-electron chi connectivity index (χ1n) is 6.70. The minimum absolute atomic E-state index is 0.0157. The van der Waals surface area contributed by atoms with Crippen LogP contribution in [0.5, 0.6) is 0 Å². The lowest BCUT2D eigenvalue weighted by molar-refractivity contribution is -0.135. The molecule has 2 amide bonds. The Bertz CT molecular complexity index is 313. The van der Waals surface area contributed by atoms with Crippen LogP contribution in [0.15, 0.2) is 0 Å². The van der Waals surface area contributed by atoms with Crippen molar-refractivity contribution in [2.75, 3.05) is 13.1 Å². The standard InChI is InChI=1S/C13H22N2O2/c1-3-9(2)12-13(17)15(8-10-4-5-10)7-6-11(16)14-12/h9-10,12H,3-8H2,1-2H3,(H,14,16). The highest BCUT2D eigenvalue weighted by Crippen LogP contribution is 2.30. The summed E-state index contributed by atoms with van der Waals surface area (Å²) in [4.78, 5) is 25.9. The molecule has 2 fully saturated rings. The quantitative estimate of drug-likeness (QED) is 0.799. The van der Waals surface area contributed by atoms with Gasteiger partial charge in [-0.1, -0.05) is 20.3 Å². The van der Waals surface area contributed by atoms with E-state index in [2.05, 4.69) is 12.2 Å². The molecule has 1 heterocycles. The Balaban J connectivity index is 2.06. The summed E-state index contributed by atoms with van der Waals surface area (Å²) >= 11 is 0. The SMILES string of the molecule is CCC(C)C1NC(=O)CCN(CC2CC2)C1=O. The molecule has 2 atom stereocenters. The molecule has 2 aliphatic rings. The van der Waals surface area contributed by atoms with Gasteiger partial charge in [0.15, 0.2) is 0 Å². The molecule has 2 unspecified atom stereocenters. The molecule has 0 bridgehead atoms. The fourth-order valence-electron chi connectivity index (χ4n) is 2.27. The fourth-order valence-corrected chi connectivity index (χ4v) is 2.27. The number of amides is 2. The van der Waals surface area contributed by atoms with Crippen LogP contribution in [-0.2, 0) is 9.59 Å². The van der Waals surface area contributed by atoms with E-state index in [1.807, 2.05) is 11.8 Å². The van der Waals surface area contributed by atoms with Crippen LogP contribution in [0.1, 0.15) is 39.5 Å². The summed E-state index contributed by atoms with van der Waals surface area (Å²) in [7, 11) is 0. The van der Waals surface area contributed by atoms with Gasteiger partial charge in [0.2, 0.25) is 11.8 Å². The molecular weight excluding hydrogens is 216 g/mol. The minimum Gasteiger partial charge on any atom is -0.344 e. The van der Waals surface area contributed by atoms with Crippen molar-refractivity contribution in [2.45, 2.75) is 45.6 Å². The van der Waals surface area contributed by atoms with Gasteiger partial charge in [0.1, 0.15) is 6.04 Å². The summed E-state index contributed by atoms with van der Waals surface area (Å²) in [6.07, 6.45) is 3.83. The van der Waals surface area contributed by atoms with Crippen LogP contribution in [0, 0.1) is 11.8 Å². The van der Waals surface area contributed by atoms with E-state index in [1.165, 1.54) is 12.8 Å². The van der Waals surface area contributed by atoms with Crippen LogP contribution in [0.4, 0.5) is 0 Å². The van der Waals surface area contributed by atoms with Gasteiger partial charge in [-0.2, -0.15) is 0 Å².